The van der Waals surface area contributed by atoms with E-state index in [1.165, 1.54) is 0 Å². The Hall–Kier alpha value is -2.83. The molecule has 0 spiro atoms. The molecule has 0 saturated heterocycles. The molecule has 0 aliphatic heterocycles. The molecular weight excluding hydrogens is 234 g/mol. The molecule has 0 radical (unpaired) electrons. The molecular formula is C11H9N5O2. The summed E-state index contributed by atoms with van der Waals surface area (Å²) < 4.78 is 5.21. The summed E-state index contributed by atoms with van der Waals surface area (Å²) >= 11 is 0. The highest BCUT2D eigenvalue weighted by atomic mass is 16.4. The molecule has 0 aliphatic rings. The summed E-state index contributed by atoms with van der Waals surface area (Å²) in [6, 6.07) is 5.09. The maximum atomic E-state index is 12.0. The van der Waals surface area contributed by atoms with Gasteiger partial charge in [-0.05, 0) is 12.1 Å². The van der Waals surface area contributed by atoms with Gasteiger partial charge in [0.2, 0.25) is 5.95 Å². The lowest BCUT2D eigenvalue weighted by Gasteiger charge is -2.01. The van der Waals surface area contributed by atoms with Crippen molar-refractivity contribution in [3.63, 3.8) is 0 Å². The molecule has 0 aliphatic carbocycles. The standard InChI is InChI=1S/C11H9N5O2/c12-10-15-7-3-1-2-6(8(7)18-10)9(17)16-11-13-4-5-14-11/h1-5H,(H2,12,15)(H2,13,14,16,17). The first kappa shape index (κ1) is 10.3. The van der Waals surface area contributed by atoms with E-state index in [1.54, 1.807) is 30.6 Å². The molecule has 2 aromatic heterocycles. The third kappa shape index (κ3) is 1.67. The van der Waals surface area contributed by atoms with E-state index >= 15 is 0 Å². The molecule has 0 fully saturated rings. The average Bonchev–Trinajstić information content (AvgIpc) is 2.95. The number of nitrogen functional groups attached to an aromatic ring is 1. The number of para-hydroxylation sites is 1. The van der Waals surface area contributed by atoms with E-state index in [4.69, 9.17) is 10.2 Å². The number of fused-ring (bicyclic) bond motifs is 1. The van der Waals surface area contributed by atoms with Gasteiger partial charge >= 0.3 is 0 Å². The van der Waals surface area contributed by atoms with Crippen molar-refractivity contribution >= 4 is 29.0 Å². The minimum atomic E-state index is -0.341. The molecule has 4 N–H and O–H groups in total. The van der Waals surface area contributed by atoms with Gasteiger partial charge in [0.1, 0.15) is 5.52 Å². The molecule has 2 heterocycles. The van der Waals surface area contributed by atoms with Gasteiger partial charge in [0.15, 0.2) is 5.58 Å². The van der Waals surface area contributed by atoms with Crippen LogP contribution in [0.4, 0.5) is 12.0 Å². The molecule has 0 atom stereocenters. The molecule has 7 nitrogen and oxygen atoms in total. The summed E-state index contributed by atoms with van der Waals surface area (Å²) in [4.78, 5) is 22.7. The quantitative estimate of drug-likeness (QED) is 0.629. The zero-order valence-electron chi connectivity index (χ0n) is 9.18. The number of aromatic amines is 1. The normalized spacial score (nSPS) is 10.7. The van der Waals surface area contributed by atoms with E-state index in [1.807, 2.05) is 0 Å². The van der Waals surface area contributed by atoms with Crippen molar-refractivity contribution in [2.45, 2.75) is 0 Å². The van der Waals surface area contributed by atoms with Crippen LogP contribution in [0.1, 0.15) is 10.4 Å². The van der Waals surface area contributed by atoms with Gasteiger partial charge in [0, 0.05) is 12.4 Å². The second-order valence-corrected chi connectivity index (χ2v) is 3.60. The Bertz CT molecular complexity index is 701. The van der Waals surface area contributed by atoms with Gasteiger partial charge in [-0.25, -0.2) is 4.98 Å². The zero-order valence-corrected chi connectivity index (χ0v) is 9.18. The highest BCUT2D eigenvalue weighted by Crippen LogP contribution is 2.21. The van der Waals surface area contributed by atoms with Crippen molar-refractivity contribution in [3.05, 3.63) is 36.2 Å². The first-order valence-corrected chi connectivity index (χ1v) is 5.20. The number of carbonyl (C=O) groups excluding carboxylic acids is 1. The lowest BCUT2D eigenvalue weighted by atomic mass is 10.2. The SMILES string of the molecule is Nc1nc2cccc(C(=O)Nc3ncc[nH]3)c2o1. The van der Waals surface area contributed by atoms with Gasteiger partial charge in [0.25, 0.3) is 11.9 Å². The Balaban J connectivity index is 2.01. The van der Waals surface area contributed by atoms with Crippen LogP contribution < -0.4 is 11.1 Å². The summed E-state index contributed by atoms with van der Waals surface area (Å²) in [7, 11) is 0. The van der Waals surface area contributed by atoms with Gasteiger partial charge in [-0.3, -0.25) is 10.1 Å². The third-order valence-corrected chi connectivity index (χ3v) is 2.41. The minimum Gasteiger partial charge on any atom is -0.423 e. The van der Waals surface area contributed by atoms with Gasteiger partial charge in [-0.1, -0.05) is 6.07 Å². The molecule has 7 heteroatoms. The Kier molecular flexibility index (Phi) is 2.23. The number of anilines is 2. The van der Waals surface area contributed by atoms with Gasteiger partial charge in [-0.15, -0.1) is 0 Å². The molecule has 0 unspecified atom stereocenters. The number of nitrogens with two attached hydrogens (primary N) is 1. The molecule has 18 heavy (non-hydrogen) atoms. The first-order chi connectivity index (χ1) is 8.74. The number of oxazole rings is 1. The van der Waals surface area contributed by atoms with Crippen LogP contribution in [0.5, 0.6) is 0 Å². The summed E-state index contributed by atoms with van der Waals surface area (Å²) in [6.45, 7) is 0. The number of carbonyl (C=O) groups is 1. The number of benzene rings is 1. The number of nitrogens with one attached hydrogen (secondary N) is 2. The molecule has 1 aromatic carbocycles. The van der Waals surface area contributed by atoms with Crippen LogP contribution in [0, 0.1) is 0 Å². The second-order valence-electron chi connectivity index (χ2n) is 3.60. The van der Waals surface area contributed by atoms with Gasteiger partial charge < -0.3 is 15.1 Å². The summed E-state index contributed by atoms with van der Waals surface area (Å²) in [5, 5.41) is 2.61. The van der Waals surface area contributed by atoms with Crippen molar-refractivity contribution in [2.24, 2.45) is 0 Å². The molecule has 3 rings (SSSR count). The van der Waals surface area contributed by atoms with Crippen molar-refractivity contribution in [2.75, 3.05) is 11.1 Å². The number of nitrogens with zero attached hydrogens (tertiary/aromatic N) is 2. The summed E-state index contributed by atoms with van der Waals surface area (Å²) in [6.07, 6.45) is 3.16. The van der Waals surface area contributed by atoms with E-state index in [2.05, 4.69) is 20.3 Å². The molecule has 0 bridgehead atoms. The zero-order chi connectivity index (χ0) is 12.5. The number of hydrogen-bond acceptors (Lipinski definition) is 5. The molecule has 3 aromatic rings. The van der Waals surface area contributed by atoms with E-state index in [9.17, 15) is 4.79 Å². The smallest absolute Gasteiger partial charge is 0.293 e. The largest absolute Gasteiger partial charge is 0.423 e. The van der Waals surface area contributed by atoms with Crippen LogP contribution in [-0.4, -0.2) is 20.9 Å². The number of rotatable bonds is 2. The first-order valence-electron chi connectivity index (χ1n) is 5.20. The number of imidazole rings is 1. The van der Waals surface area contributed by atoms with Crippen LogP contribution in [-0.2, 0) is 0 Å². The van der Waals surface area contributed by atoms with Crippen molar-refractivity contribution < 1.29 is 9.21 Å². The maximum Gasteiger partial charge on any atom is 0.293 e. The number of hydrogen-bond donors (Lipinski definition) is 3. The van der Waals surface area contributed by atoms with Crippen molar-refractivity contribution in [1.29, 1.82) is 0 Å². The Morgan fingerprint density at radius 3 is 3.11 bits per heavy atom. The Labute approximate surface area is 101 Å². The topological polar surface area (TPSA) is 110 Å². The lowest BCUT2D eigenvalue weighted by molar-refractivity contribution is 0.102. The fourth-order valence-corrected chi connectivity index (χ4v) is 1.65. The Morgan fingerprint density at radius 1 is 1.44 bits per heavy atom. The van der Waals surface area contributed by atoms with Crippen LogP contribution in [0.3, 0.4) is 0 Å². The predicted octanol–water partition coefficient (Wildman–Crippen LogP) is 1.39. The minimum absolute atomic E-state index is 0.0308. The molecule has 1 amide bonds. The van der Waals surface area contributed by atoms with Gasteiger partial charge in [-0.2, -0.15) is 4.98 Å². The van der Waals surface area contributed by atoms with Crippen LogP contribution in [0.25, 0.3) is 11.1 Å². The van der Waals surface area contributed by atoms with Crippen LogP contribution in [0.15, 0.2) is 35.0 Å². The molecule has 90 valence electrons. The lowest BCUT2D eigenvalue weighted by Crippen LogP contribution is -2.13. The van der Waals surface area contributed by atoms with Gasteiger partial charge in [0.05, 0.1) is 5.56 Å². The van der Waals surface area contributed by atoms with Crippen LogP contribution >= 0.6 is 0 Å². The van der Waals surface area contributed by atoms with E-state index in [-0.39, 0.29) is 11.9 Å². The number of aromatic nitrogens is 3. The summed E-state index contributed by atoms with van der Waals surface area (Å²) in [5.74, 6) is 0.0243. The van der Waals surface area contributed by atoms with Crippen molar-refractivity contribution in [1.82, 2.24) is 15.0 Å². The predicted molar refractivity (Wildman–Crippen MR) is 65.0 cm³/mol. The highest BCUT2D eigenvalue weighted by Gasteiger charge is 2.15. The van der Waals surface area contributed by atoms with Crippen LogP contribution in [0.2, 0.25) is 0 Å². The monoisotopic (exact) mass is 243 g/mol. The molecule has 0 saturated carbocycles. The maximum absolute atomic E-state index is 12.0. The number of H-pyrrole nitrogens is 1. The fraction of sp³-hybridized carbons (Fsp3) is 0. The summed E-state index contributed by atoms with van der Waals surface area (Å²) in [5.41, 5.74) is 6.72. The van der Waals surface area contributed by atoms with E-state index < -0.39 is 0 Å². The van der Waals surface area contributed by atoms with Crippen molar-refractivity contribution in [3.8, 4) is 0 Å². The third-order valence-electron chi connectivity index (χ3n) is 2.41. The highest BCUT2D eigenvalue weighted by molar-refractivity contribution is 6.10. The fourth-order valence-electron chi connectivity index (χ4n) is 1.65. The average molecular weight is 243 g/mol. The number of amides is 1. The second kappa shape index (κ2) is 3.88. The Morgan fingerprint density at radius 2 is 2.33 bits per heavy atom. The van der Waals surface area contributed by atoms with E-state index in [0.29, 0.717) is 22.6 Å². The van der Waals surface area contributed by atoms with E-state index in [0.717, 1.165) is 0 Å².